The van der Waals surface area contributed by atoms with E-state index in [9.17, 15) is 17.6 Å². The van der Waals surface area contributed by atoms with Crippen molar-refractivity contribution in [1.29, 1.82) is 0 Å². The lowest BCUT2D eigenvalue weighted by Crippen LogP contribution is -2.18. The third-order valence-corrected chi connectivity index (χ3v) is 5.00. The van der Waals surface area contributed by atoms with E-state index < -0.39 is 27.4 Å². The van der Waals surface area contributed by atoms with Crippen LogP contribution in [0.4, 0.5) is 10.1 Å². The molecule has 0 bridgehead atoms. The molecule has 0 atom stereocenters. The maximum atomic E-state index is 13.2. The van der Waals surface area contributed by atoms with Crippen LogP contribution in [0.3, 0.4) is 0 Å². The number of benzene rings is 2. The van der Waals surface area contributed by atoms with Crippen molar-refractivity contribution in [2.45, 2.75) is 25.7 Å². The number of nitrogens with one attached hydrogen (secondary N) is 1. The molecular formula is C16H16FNO4S. The van der Waals surface area contributed by atoms with Crippen LogP contribution in [0.2, 0.25) is 0 Å². The van der Waals surface area contributed by atoms with Crippen LogP contribution in [0.5, 0.6) is 0 Å². The molecule has 0 aliphatic rings. The van der Waals surface area contributed by atoms with Crippen LogP contribution in [0.25, 0.3) is 0 Å². The largest absolute Gasteiger partial charge is 0.478 e. The van der Waals surface area contributed by atoms with E-state index in [1.165, 1.54) is 0 Å². The first-order chi connectivity index (χ1) is 10.6. The summed E-state index contributed by atoms with van der Waals surface area (Å²) in [4.78, 5) is 11.3. The molecule has 7 heteroatoms. The second kappa shape index (κ2) is 6.00. The molecule has 0 unspecified atom stereocenters. The summed E-state index contributed by atoms with van der Waals surface area (Å²) in [6.45, 7) is 5.18. The highest BCUT2D eigenvalue weighted by atomic mass is 32.2. The average Bonchev–Trinajstić information content (AvgIpc) is 2.38. The van der Waals surface area contributed by atoms with Crippen LogP contribution in [0, 0.1) is 26.6 Å². The average molecular weight is 337 g/mol. The van der Waals surface area contributed by atoms with Gasteiger partial charge in [0.15, 0.2) is 0 Å². The maximum absolute atomic E-state index is 13.2. The number of aromatic carboxylic acids is 1. The Hall–Kier alpha value is -2.41. The van der Waals surface area contributed by atoms with E-state index in [0.717, 1.165) is 23.8 Å². The van der Waals surface area contributed by atoms with E-state index in [0.29, 0.717) is 11.1 Å². The van der Waals surface area contributed by atoms with Crippen molar-refractivity contribution in [2.75, 3.05) is 4.72 Å². The highest BCUT2D eigenvalue weighted by Crippen LogP contribution is 2.26. The SMILES string of the molecule is Cc1cc(C)c(S(=O)(=O)Nc2ccc(F)cc2C(=O)O)c(C)c1. The molecule has 5 nitrogen and oxygen atoms in total. The van der Waals surface area contributed by atoms with Crippen molar-refractivity contribution < 1.29 is 22.7 Å². The van der Waals surface area contributed by atoms with E-state index in [2.05, 4.69) is 4.72 Å². The Labute approximate surface area is 133 Å². The van der Waals surface area contributed by atoms with Gasteiger partial charge in [0.25, 0.3) is 10.0 Å². The van der Waals surface area contributed by atoms with E-state index in [1.54, 1.807) is 26.0 Å². The minimum absolute atomic E-state index is 0.0868. The first-order valence-corrected chi connectivity index (χ1v) is 8.23. The van der Waals surface area contributed by atoms with Gasteiger partial charge in [0.05, 0.1) is 16.1 Å². The number of carboxylic acid groups (broad SMARTS) is 1. The molecule has 0 aliphatic heterocycles. The molecule has 0 saturated carbocycles. The first kappa shape index (κ1) is 17.0. The Morgan fingerprint density at radius 3 is 2.17 bits per heavy atom. The molecule has 2 rings (SSSR count). The number of carbonyl (C=O) groups is 1. The van der Waals surface area contributed by atoms with Crippen molar-refractivity contribution >= 4 is 21.7 Å². The molecule has 0 heterocycles. The Morgan fingerprint density at radius 2 is 1.65 bits per heavy atom. The lowest BCUT2D eigenvalue weighted by molar-refractivity contribution is 0.0697. The van der Waals surface area contributed by atoms with Gasteiger partial charge in [0.1, 0.15) is 5.82 Å². The number of hydrogen-bond acceptors (Lipinski definition) is 3. The minimum atomic E-state index is -4.00. The fourth-order valence-electron chi connectivity index (χ4n) is 2.57. The third kappa shape index (κ3) is 3.50. The van der Waals surface area contributed by atoms with Gasteiger partial charge in [-0.1, -0.05) is 17.7 Å². The molecule has 0 saturated heterocycles. The van der Waals surface area contributed by atoms with Gasteiger partial charge in [-0.25, -0.2) is 17.6 Å². The van der Waals surface area contributed by atoms with Crippen molar-refractivity contribution in [3.63, 3.8) is 0 Å². The number of hydrogen-bond donors (Lipinski definition) is 2. The van der Waals surface area contributed by atoms with Crippen molar-refractivity contribution in [3.8, 4) is 0 Å². The molecule has 0 aliphatic carbocycles. The highest BCUT2D eigenvalue weighted by molar-refractivity contribution is 7.92. The molecule has 0 aromatic heterocycles. The number of rotatable bonds is 4. The maximum Gasteiger partial charge on any atom is 0.337 e. The van der Waals surface area contributed by atoms with Crippen LogP contribution < -0.4 is 4.72 Å². The van der Waals surface area contributed by atoms with Crippen LogP contribution in [-0.4, -0.2) is 19.5 Å². The summed E-state index contributed by atoms with van der Waals surface area (Å²) in [6, 6.07) is 6.32. The van der Waals surface area contributed by atoms with Gasteiger partial charge in [0.2, 0.25) is 0 Å². The zero-order valence-electron chi connectivity index (χ0n) is 12.8. The smallest absolute Gasteiger partial charge is 0.337 e. The van der Waals surface area contributed by atoms with Crippen LogP contribution >= 0.6 is 0 Å². The summed E-state index contributed by atoms with van der Waals surface area (Å²) in [6.07, 6.45) is 0. The first-order valence-electron chi connectivity index (χ1n) is 6.75. The monoisotopic (exact) mass is 337 g/mol. The van der Waals surface area contributed by atoms with Gasteiger partial charge in [0, 0.05) is 0 Å². The second-order valence-electron chi connectivity index (χ2n) is 5.33. The van der Waals surface area contributed by atoms with Crippen molar-refractivity contribution in [2.24, 2.45) is 0 Å². The number of aryl methyl sites for hydroxylation is 3. The van der Waals surface area contributed by atoms with E-state index >= 15 is 0 Å². The predicted octanol–water partition coefficient (Wildman–Crippen LogP) is 3.25. The number of carboxylic acids is 1. The molecule has 2 aromatic rings. The lowest BCUT2D eigenvalue weighted by atomic mass is 10.1. The summed E-state index contributed by atoms with van der Waals surface area (Å²) in [7, 11) is -4.00. The van der Waals surface area contributed by atoms with E-state index in [-0.39, 0.29) is 10.6 Å². The molecular weight excluding hydrogens is 321 g/mol. The molecule has 0 fully saturated rings. The quantitative estimate of drug-likeness (QED) is 0.897. The van der Waals surface area contributed by atoms with Gasteiger partial charge < -0.3 is 5.11 Å². The summed E-state index contributed by atoms with van der Waals surface area (Å²) < 4.78 is 40.7. The van der Waals surface area contributed by atoms with Gasteiger partial charge in [-0.3, -0.25) is 4.72 Å². The molecule has 23 heavy (non-hydrogen) atoms. The van der Waals surface area contributed by atoms with Gasteiger partial charge in [-0.05, 0) is 50.1 Å². The highest BCUT2D eigenvalue weighted by Gasteiger charge is 2.22. The summed E-state index contributed by atoms with van der Waals surface area (Å²) in [5.41, 5.74) is 1.39. The van der Waals surface area contributed by atoms with Crippen LogP contribution in [0.1, 0.15) is 27.0 Å². The molecule has 0 spiro atoms. The topological polar surface area (TPSA) is 83.5 Å². The molecule has 0 amide bonds. The number of sulfonamides is 1. The van der Waals surface area contributed by atoms with Gasteiger partial charge >= 0.3 is 5.97 Å². The van der Waals surface area contributed by atoms with E-state index in [4.69, 9.17) is 5.11 Å². The molecule has 2 aromatic carbocycles. The van der Waals surface area contributed by atoms with Gasteiger partial charge in [-0.2, -0.15) is 0 Å². The summed E-state index contributed by atoms with van der Waals surface area (Å²) >= 11 is 0. The number of anilines is 1. The molecule has 2 N–H and O–H groups in total. The normalized spacial score (nSPS) is 11.3. The zero-order valence-corrected chi connectivity index (χ0v) is 13.7. The number of halogens is 1. The summed E-state index contributed by atoms with van der Waals surface area (Å²) in [5.74, 6) is -2.17. The van der Waals surface area contributed by atoms with E-state index in [1.807, 2.05) is 6.92 Å². The Balaban J connectivity index is 2.54. The Morgan fingerprint density at radius 1 is 1.09 bits per heavy atom. The van der Waals surface area contributed by atoms with Crippen LogP contribution in [0.15, 0.2) is 35.2 Å². The minimum Gasteiger partial charge on any atom is -0.478 e. The van der Waals surface area contributed by atoms with Crippen molar-refractivity contribution in [3.05, 3.63) is 58.4 Å². The molecule has 0 radical (unpaired) electrons. The fraction of sp³-hybridized carbons (Fsp3) is 0.188. The fourth-order valence-corrected chi connectivity index (χ4v) is 4.10. The third-order valence-electron chi connectivity index (χ3n) is 3.33. The standard InChI is InChI=1S/C16H16FNO4S/c1-9-6-10(2)15(11(3)7-9)23(21,22)18-14-5-4-12(17)8-13(14)16(19)20/h4-8,18H,1-3H3,(H,19,20). The second-order valence-corrected chi connectivity index (χ2v) is 6.95. The van der Waals surface area contributed by atoms with Crippen molar-refractivity contribution in [1.82, 2.24) is 0 Å². The Bertz CT molecular complexity index is 868. The lowest BCUT2D eigenvalue weighted by Gasteiger charge is -2.15. The summed E-state index contributed by atoms with van der Waals surface area (Å²) in [5, 5.41) is 9.10. The Kier molecular flexibility index (Phi) is 4.42. The molecule has 122 valence electrons. The van der Waals surface area contributed by atoms with Gasteiger partial charge in [-0.15, -0.1) is 0 Å². The van der Waals surface area contributed by atoms with Crippen LogP contribution in [-0.2, 0) is 10.0 Å². The zero-order chi connectivity index (χ0) is 17.4. The predicted molar refractivity (Wildman–Crippen MR) is 84.8 cm³/mol.